The molecule has 1 aromatic heterocycles. The lowest BCUT2D eigenvalue weighted by Crippen LogP contribution is -2.17. The number of aryl methyl sites for hydroxylation is 1. The molecule has 5 heteroatoms. The van der Waals surface area contributed by atoms with Gasteiger partial charge >= 0.3 is 5.97 Å². The number of aliphatic carboxylic acids is 1. The fraction of sp³-hybridized carbons (Fsp3) is 0.400. The number of carbonyl (C=O) groups is 1. The van der Waals surface area contributed by atoms with Crippen LogP contribution in [0.5, 0.6) is 0 Å². The predicted octanol–water partition coefficient (Wildman–Crippen LogP) is 0.493. The van der Waals surface area contributed by atoms with Gasteiger partial charge in [-0.2, -0.15) is 5.10 Å². The van der Waals surface area contributed by atoms with Crippen molar-refractivity contribution in [3.63, 3.8) is 0 Å². The molecule has 0 aromatic carbocycles. The monoisotopic (exact) mass is 209 g/mol. The van der Waals surface area contributed by atoms with Crippen molar-refractivity contribution in [2.24, 2.45) is 7.05 Å². The van der Waals surface area contributed by atoms with Crippen molar-refractivity contribution in [1.29, 1.82) is 0 Å². The number of carboxylic acids is 1. The van der Waals surface area contributed by atoms with Crippen molar-refractivity contribution in [2.45, 2.75) is 6.54 Å². The SMILES string of the molecule is CN(C/C=C/C(=O)O)Cc1cnn(C)c1. The van der Waals surface area contributed by atoms with E-state index < -0.39 is 5.97 Å². The molecular formula is C10H15N3O2. The second-order valence-electron chi connectivity index (χ2n) is 3.46. The summed E-state index contributed by atoms with van der Waals surface area (Å²) in [5.41, 5.74) is 1.11. The van der Waals surface area contributed by atoms with E-state index in [0.717, 1.165) is 18.2 Å². The minimum absolute atomic E-state index is 0.612. The zero-order chi connectivity index (χ0) is 11.3. The molecule has 15 heavy (non-hydrogen) atoms. The van der Waals surface area contributed by atoms with Gasteiger partial charge in [-0.05, 0) is 7.05 Å². The van der Waals surface area contributed by atoms with Crippen molar-refractivity contribution in [3.05, 3.63) is 30.1 Å². The van der Waals surface area contributed by atoms with Gasteiger partial charge in [0.25, 0.3) is 0 Å². The first-order chi connectivity index (χ1) is 7.08. The maximum atomic E-state index is 10.2. The highest BCUT2D eigenvalue weighted by molar-refractivity contribution is 5.79. The average Bonchev–Trinajstić information content (AvgIpc) is 2.50. The summed E-state index contributed by atoms with van der Waals surface area (Å²) < 4.78 is 1.75. The van der Waals surface area contributed by atoms with Crippen LogP contribution >= 0.6 is 0 Å². The first-order valence-corrected chi connectivity index (χ1v) is 4.63. The zero-order valence-corrected chi connectivity index (χ0v) is 8.92. The molecule has 0 saturated heterocycles. The lowest BCUT2D eigenvalue weighted by molar-refractivity contribution is -0.131. The Labute approximate surface area is 88.6 Å². The van der Waals surface area contributed by atoms with Gasteiger partial charge in [0.2, 0.25) is 0 Å². The highest BCUT2D eigenvalue weighted by atomic mass is 16.4. The van der Waals surface area contributed by atoms with Crippen molar-refractivity contribution < 1.29 is 9.90 Å². The molecule has 0 aliphatic carbocycles. The van der Waals surface area contributed by atoms with E-state index in [1.807, 2.05) is 25.2 Å². The summed E-state index contributed by atoms with van der Waals surface area (Å²) in [5.74, 6) is -0.912. The van der Waals surface area contributed by atoms with Gasteiger partial charge in [-0.15, -0.1) is 0 Å². The molecule has 0 radical (unpaired) electrons. The van der Waals surface area contributed by atoms with E-state index in [1.54, 1.807) is 17.0 Å². The smallest absolute Gasteiger partial charge is 0.328 e. The molecule has 0 atom stereocenters. The lowest BCUT2D eigenvalue weighted by Gasteiger charge is -2.12. The van der Waals surface area contributed by atoms with E-state index in [1.165, 1.54) is 0 Å². The van der Waals surface area contributed by atoms with Crippen molar-refractivity contribution >= 4 is 5.97 Å². The third kappa shape index (κ3) is 4.42. The van der Waals surface area contributed by atoms with Crippen molar-refractivity contribution in [2.75, 3.05) is 13.6 Å². The maximum Gasteiger partial charge on any atom is 0.328 e. The van der Waals surface area contributed by atoms with E-state index in [0.29, 0.717) is 6.54 Å². The van der Waals surface area contributed by atoms with Gasteiger partial charge in [0.1, 0.15) is 0 Å². The van der Waals surface area contributed by atoms with Crippen LogP contribution < -0.4 is 0 Å². The Morgan fingerprint density at radius 2 is 2.47 bits per heavy atom. The quantitative estimate of drug-likeness (QED) is 0.717. The second-order valence-corrected chi connectivity index (χ2v) is 3.46. The molecule has 0 aliphatic heterocycles. The first kappa shape index (κ1) is 11.5. The molecule has 0 unspecified atom stereocenters. The summed E-state index contributed by atoms with van der Waals surface area (Å²) in [6.07, 6.45) is 6.52. The van der Waals surface area contributed by atoms with Crippen LogP contribution in [0.2, 0.25) is 0 Å². The zero-order valence-electron chi connectivity index (χ0n) is 8.92. The Hall–Kier alpha value is -1.62. The number of hydrogen-bond acceptors (Lipinski definition) is 3. The van der Waals surface area contributed by atoms with Crippen LogP contribution in [0.1, 0.15) is 5.56 Å². The van der Waals surface area contributed by atoms with E-state index in [-0.39, 0.29) is 0 Å². The van der Waals surface area contributed by atoms with Gasteiger partial charge in [-0.25, -0.2) is 4.79 Å². The van der Waals surface area contributed by atoms with Gasteiger partial charge in [0.15, 0.2) is 0 Å². The van der Waals surface area contributed by atoms with Gasteiger partial charge in [0, 0.05) is 38.0 Å². The number of hydrogen-bond donors (Lipinski definition) is 1. The largest absolute Gasteiger partial charge is 0.478 e. The molecule has 1 heterocycles. The Kier molecular flexibility index (Phi) is 4.05. The molecule has 1 aromatic rings. The fourth-order valence-electron chi connectivity index (χ4n) is 1.26. The summed E-state index contributed by atoms with van der Waals surface area (Å²) in [6.45, 7) is 1.37. The molecule has 1 N–H and O–H groups in total. The van der Waals surface area contributed by atoms with Crippen LogP contribution in [-0.4, -0.2) is 39.3 Å². The predicted molar refractivity (Wildman–Crippen MR) is 56.3 cm³/mol. The van der Waals surface area contributed by atoms with E-state index in [4.69, 9.17) is 5.11 Å². The third-order valence-corrected chi connectivity index (χ3v) is 1.89. The van der Waals surface area contributed by atoms with Crippen LogP contribution in [0.25, 0.3) is 0 Å². The highest BCUT2D eigenvalue weighted by Gasteiger charge is 2.00. The highest BCUT2D eigenvalue weighted by Crippen LogP contribution is 2.00. The Morgan fingerprint density at radius 3 is 3.00 bits per heavy atom. The maximum absolute atomic E-state index is 10.2. The normalized spacial score (nSPS) is 11.4. The molecule has 82 valence electrons. The number of rotatable bonds is 5. The molecule has 0 amide bonds. The Bertz CT molecular complexity index is 357. The van der Waals surface area contributed by atoms with Gasteiger partial charge in [0.05, 0.1) is 6.20 Å². The second kappa shape index (κ2) is 5.31. The van der Waals surface area contributed by atoms with Gasteiger partial charge in [-0.3, -0.25) is 9.58 Å². The molecular weight excluding hydrogens is 194 g/mol. The van der Waals surface area contributed by atoms with E-state index in [9.17, 15) is 4.79 Å². The van der Waals surface area contributed by atoms with E-state index in [2.05, 4.69) is 5.10 Å². The number of nitrogens with zero attached hydrogens (tertiary/aromatic N) is 3. The molecule has 1 rings (SSSR count). The molecule has 0 spiro atoms. The van der Waals surface area contributed by atoms with Crippen molar-refractivity contribution in [1.82, 2.24) is 14.7 Å². The minimum atomic E-state index is -0.912. The fourth-order valence-corrected chi connectivity index (χ4v) is 1.26. The van der Waals surface area contributed by atoms with E-state index >= 15 is 0 Å². The first-order valence-electron chi connectivity index (χ1n) is 4.63. The summed E-state index contributed by atoms with van der Waals surface area (Å²) in [6, 6.07) is 0. The average molecular weight is 209 g/mol. The van der Waals surface area contributed by atoms with Crippen LogP contribution in [0.4, 0.5) is 0 Å². The van der Waals surface area contributed by atoms with Crippen LogP contribution in [0.3, 0.4) is 0 Å². The molecule has 0 fully saturated rings. The molecule has 5 nitrogen and oxygen atoms in total. The van der Waals surface area contributed by atoms with Gasteiger partial charge < -0.3 is 5.11 Å². The Morgan fingerprint density at radius 1 is 1.73 bits per heavy atom. The summed E-state index contributed by atoms with van der Waals surface area (Å²) >= 11 is 0. The van der Waals surface area contributed by atoms with Crippen LogP contribution in [0.15, 0.2) is 24.5 Å². The van der Waals surface area contributed by atoms with Crippen LogP contribution in [0, 0.1) is 0 Å². The number of aromatic nitrogens is 2. The lowest BCUT2D eigenvalue weighted by atomic mass is 10.3. The van der Waals surface area contributed by atoms with Gasteiger partial charge in [-0.1, -0.05) is 6.08 Å². The number of carboxylic acid groups (broad SMARTS) is 1. The molecule has 0 aliphatic rings. The minimum Gasteiger partial charge on any atom is -0.478 e. The molecule has 0 saturated carbocycles. The Balaban J connectivity index is 2.36. The molecule has 0 bridgehead atoms. The standard InChI is InChI=1S/C10H15N3O2/c1-12(5-3-4-10(14)15)7-9-6-11-13(2)8-9/h3-4,6,8H,5,7H2,1-2H3,(H,14,15)/b4-3+. The third-order valence-electron chi connectivity index (χ3n) is 1.89. The number of likely N-dealkylation sites (N-methyl/N-ethyl adjacent to an activating group) is 1. The van der Waals surface area contributed by atoms with Crippen molar-refractivity contribution in [3.8, 4) is 0 Å². The van der Waals surface area contributed by atoms with Crippen LogP contribution in [-0.2, 0) is 18.4 Å². The summed E-state index contributed by atoms with van der Waals surface area (Å²) in [7, 11) is 3.80. The summed E-state index contributed by atoms with van der Waals surface area (Å²) in [4.78, 5) is 12.2. The summed E-state index contributed by atoms with van der Waals surface area (Å²) in [5, 5.41) is 12.5. The topological polar surface area (TPSA) is 58.4 Å².